The van der Waals surface area contributed by atoms with Gasteiger partial charge in [-0.05, 0) is 6.42 Å². The van der Waals surface area contributed by atoms with Crippen LogP contribution < -0.4 is 10.4 Å². The average Bonchev–Trinajstić information content (AvgIpc) is 3.01. The number of hydrazine groups is 1. The van der Waals surface area contributed by atoms with Crippen molar-refractivity contribution in [3.63, 3.8) is 0 Å². The third-order valence-corrected chi connectivity index (χ3v) is 3.53. The van der Waals surface area contributed by atoms with E-state index in [1.807, 2.05) is 18.2 Å². The van der Waals surface area contributed by atoms with Crippen LogP contribution >= 0.6 is 11.3 Å². The number of thiazole rings is 1. The van der Waals surface area contributed by atoms with Crippen LogP contribution in [0.15, 0.2) is 35.7 Å². The Balaban J connectivity index is 1.87. The third-order valence-electron chi connectivity index (χ3n) is 2.65. The predicted octanol–water partition coefficient (Wildman–Crippen LogP) is 2.52. The topological polar surface area (TPSA) is 28.2 Å². The van der Waals surface area contributed by atoms with E-state index in [9.17, 15) is 0 Å². The lowest BCUT2D eigenvalue weighted by Crippen LogP contribution is -2.30. The monoisotopic (exact) mass is 231 g/mol. The molecule has 3 rings (SSSR count). The van der Waals surface area contributed by atoms with E-state index in [1.165, 1.54) is 12.0 Å². The molecule has 1 aliphatic heterocycles. The zero-order valence-corrected chi connectivity index (χ0v) is 9.70. The fourth-order valence-electron chi connectivity index (χ4n) is 1.83. The average molecular weight is 231 g/mol. The Morgan fingerprint density at radius 2 is 2.12 bits per heavy atom. The SMILES string of the molecule is c1ccc(-c2nc(N3CCCN3)cs2)cc1. The van der Waals surface area contributed by atoms with Crippen molar-refractivity contribution in [3.05, 3.63) is 35.7 Å². The molecular weight excluding hydrogens is 218 g/mol. The summed E-state index contributed by atoms with van der Waals surface area (Å²) in [6, 6.07) is 10.3. The Morgan fingerprint density at radius 3 is 2.88 bits per heavy atom. The number of nitrogens with zero attached hydrogens (tertiary/aromatic N) is 2. The van der Waals surface area contributed by atoms with E-state index >= 15 is 0 Å². The van der Waals surface area contributed by atoms with E-state index in [0.29, 0.717) is 0 Å². The Hall–Kier alpha value is -1.39. The molecule has 2 heterocycles. The Labute approximate surface area is 98.7 Å². The van der Waals surface area contributed by atoms with Crippen LogP contribution in [0.4, 0.5) is 5.82 Å². The first-order valence-electron chi connectivity index (χ1n) is 5.45. The van der Waals surface area contributed by atoms with Crippen LogP contribution in [0, 0.1) is 0 Å². The second-order valence-electron chi connectivity index (χ2n) is 3.79. The molecule has 0 bridgehead atoms. The van der Waals surface area contributed by atoms with E-state index in [4.69, 9.17) is 0 Å². The first-order chi connectivity index (χ1) is 7.93. The first-order valence-corrected chi connectivity index (χ1v) is 6.33. The zero-order valence-electron chi connectivity index (χ0n) is 8.89. The van der Waals surface area contributed by atoms with E-state index in [1.54, 1.807) is 11.3 Å². The summed E-state index contributed by atoms with van der Waals surface area (Å²) >= 11 is 1.70. The molecular formula is C12H13N3S. The minimum atomic E-state index is 1.04. The number of nitrogens with one attached hydrogen (secondary N) is 1. The quantitative estimate of drug-likeness (QED) is 0.861. The van der Waals surface area contributed by atoms with Gasteiger partial charge in [0.15, 0.2) is 5.82 Å². The van der Waals surface area contributed by atoms with Crippen molar-refractivity contribution in [2.24, 2.45) is 0 Å². The van der Waals surface area contributed by atoms with Gasteiger partial charge in [-0.2, -0.15) is 0 Å². The summed E-state index contributed by atoms with van der Waals surface area (Å²) in [5.74, 6) is 1.04. The number of hydrogen-bond donors (Lipinski definition) is 1. The van der Waals surface area contributed by atoms with Crippen LogP contribution in [-0.2, 0) is 0 Å². The molecule has 3 nitrogen and oxygen atoms in total. The highest BCUT2D eigenvalue weighted by atomic mass is 32.1. The Bertz CT molecular complexity index is 460. The lowest BCUT2D eigenvalue weighted by Gasteiger charge is -2.13. The van der Waals surface area contributed by atoms with E-state index in [-0.39, 0.29) is 0 Å². The molecule has 1 fully saturated rings. The Kier molecular flexibility index (Phi) is 2.60. The summed E-state index contributed by atoms with van der Waals surface area (Å²) in [6.45, 7) is 2.11. The van der Waals surface area contributed by atoms with Gasteiger partial charge in [-0.1, -0.05) is 30.3 Å². The maximum absolute atomic E-state index is 4.64. The zero-order chi connectivity index (χ0) is 10.8. The first kappa shape index (κ1) is 9.81. The van der Waals surface area contributed by atoms with Gasteiger partial charge in [0.2, 0.25) is 0 Å². The summed E-state index contributed by atoms with van der Waals surface area (Å²) in [7, 11) is 0. The van der Waals surface area contributed by atoms with Crippen molar-refractivity contribution in [2.75, 3.05) is 18.1 Å². The van der Waals surface area contributed by atoms with Gasteiger partial charge in [-0.15, -0.1) is 11.3 Å². The largest absolute Gasteiger partial charge is 0.291 e. The standard InChI is InChI=1S/C12H13N3S/c1-2-5-10(6-3-1)12-14-11(9-16-12)15-8-4-7-13-15/h1-3,5-6,9,13H,4,7-8H2. The molecule has 0 atom stereocenters. The summed E-state index contributed by atoms with van der Waals surface area (Å²) in [5.41, 5.74) is 4.51. The molecule has 1 saturated heterocycles. The molecule has 0 saturated carbocycles. The van der Waals surface area contributed by atoms with Gasteiger partial charge < -0.3 is 0 Å². The number of benzene rings is 1. The van der Waals surface area contributed by atoms with Crippen molar-refractivity contribution in [3.8, 4) is 10.6 Å². The van der Waals surface area contributed by atoms with Crippen molar-refractivity contribution >= 4 is 17.2 Å². The highest BCUT2D eigenvalue weighted by molar-refractivity contribution is 7.13. The van der Waals surface area contributed by atoms with Crippen LogP contribution in [0.25, 0.3) is 10.6 Å². The highest BCUT2D eigenvalue weighted by Gasteiger charge is 2.14. The van der Waals surface area contributed by atoms with Crippen LogP contribution in [0.2, 0.25) is 0 Å². The summed E-state index contributed by atoms with van der Waals surface area (Å²) in [6.07, 6.45) is 1.19. The molecule has 0 unspecified atom stereocenters. The molecule has 2 aromatic rings. The van der Waals surface area contributed by atoms with Crippen molar-refractivity contribution in [1.29, 1.82) is 0 Å². The Morgan fingerprint density at radius 1 is 1.25 bits per heavy atom. The molecule has 0 radical (unpaired) electrons. The third kappa shape index (κ3) is 1.81. The normalized spacial score (nSPS) is 15.6. The van der Waals surface area contributed by atoms with Crippen LogP contribution in [-0.4, -0.2) is 18.1 Å². The smallest absolute Gasteiger partial charge is 0.154 e. The van der Waals surface area contributed by atoms with Crippen molar-refractivity contribution in [2.45, 2.75) is 6.42 Å². The molecule has 0 aliphatic carbocycles. The molecule has 16 heavy (non-hydrogen) atoms. The van der Waals surface area contributed by atoms with Gasteiger partial charge in [0, 0.05) is 24.0 Å². The number of aromatic nitrogens is 1. The molecule has 0 amide bonds. The van der Waals surface area contributed by atoms with E-state index < -0.39 is 0 Å². The van der Waals surface area contributed by atoms with Gasteiger partial charge in [0.25, 0.3) is 0 Å². The summed E-state index contributed by atoms with van der Waals surface area (Å²) < 4.78 is 0. The predicted molar refractivity (Wildman–Crippen MR) is 67.5 cm³/mol. The molecule has 1 aliphatic rings. The minimum absolute atomic E-state index is 1.04. The van der Waals surface area contributed by atoms with Gasteiger partial charge in [0.05, 0.1) is 0 Å². The van der Waals surface area contributed by atoms with Crippen molar-refractivity contribution < 1.29 is 0 Å². The van der Waals surface area contributed by atoms with Gasteiger partial charge in [-0.25, -0.2) is 10.4 Å². The molecule has 82 valence electrons. The summed E-state index contributed by atoms with van der Waals surface area (Å²) in [5, 5.41) is 5.33. The van der Waals surface area contributed by atoms with Crippen molar-refractivity contribution in [1.82, 2.24) is 10.4 Å². The fraction of sp³-hybridized carbons (Fsp3) is 0.250. The maximum atomic E-state index is 4.64. The lowest BCUT2D eigenvalue weighted by atomic mass is 10.2. The fourth-order valence-corrected chi connectivity index (χ4v) is 2.64. The van der Waals surface area contributed by atoms with E-state index in [0.717, 1.165) is 23.9 Å². The van der Waals surface area contributed by atoms with Crippen LogP contribution in [0.5, 0.6) is 0 Å². The summed E-state index contributed by atoms with van der Waals surface area (Å²) in [4.78, 5) is 4.64. The maximum Gasteiger partial charge on any atom is 0.154 e. The minimum Gasteiger partial charge on any atom is -0.291 e. The van der Waals surface area contributed by atoms with E-state index in [2.05, 4.69) is 32.9 Å². The molecule has 1 aromatic carbocycles. The number of hydrogen-bond acceptors (Lipinski definition) is 4. The van der Waals surface area contributed by atoms with Gasteiger partial charge >= 0.3 is 0 Å². The molecule has 1 N–H and O–H groups in total. The highest BCUT2D eigenvalue weighted by Crippen LogP contribution is 2.27. The molecule has 4 heteroatoms. The van der Waals surface area contributed by atoms with Gasteiger partial charge in [0.1, 0.15) is 5.01 Å². The molecule has 1 aromatic heterocycles. The van der Waals surface area contributed by atoms with Crippen LogP contribution in [0.1, 0.15) is 6.42 Å². The second-order valence-corrected chi connectivity index (χ2v) is 4.65. The number of anilines is 1. The lowest BCUT2D eigenvalue weighted by molar-refractivity contribution is 0.777. The van der Waals surface area contributed by atoms with Gasteiger partial charge in [-0.3, -0.25) is 5.01 Å². The number of rotatable bonds is 2. The second kappa shape index (κ2) is 4.23. The molecule has 0 spiro atoms. The van der Waals surface area contributed by atoms with Crippen LogP contribution in [0.3, 0.4) is 0 Å².